The van der Waals surface area contributed by atoms with Gasteiger partial charge in [0, 0.05) is 13.5 Å². The molecule has 0 unspecified atom stereocenters. The van der Waals surface area contributed by atoms with Crippen LogP contribution >= 0.6 is 0 Å². The van der Waals surface area contributed by atoms with Gasteiger partial charge in [0.25, 0.3) is 0 Å². The molecule has 0 aromatic rings. The van der Waals surface area contributed by atoms with Gasteiger partial charge in [0.2, 0.25) is 5.78 Å². The van der Waals surface area contributed by atoms with E-state index < -0.39 is 17.2 Å². The zero-order valence-electron chi connectivity index (χ0n) is 11.8. The molecule has 0 radical (unpaired) electrons. The first-order valence-corrected chi connectivity index (χ1v) is 6.23. The van der Waals surface area contributed by atoms with E-state index in [1.165, 1.54) is 4.90 Å². The number of carbonyl (C=O) groups is 2. The number of hydrogen-bond acceptors (Lipinski definition) is 3. The lowest BCUT2D eigenvalue weighted by molar-refractivity contribution is -0.119. The SMILES string of the molecule is CCC#CC(=O)C1(N(C)C(=O)OC(C)(C)C)CC1. The average molecular weight is 251 g/mol. The summed E-state index contributed by atoms with van der Waals surface area (Å²) in [7, 11) is 1.60. The first-order valence-electron chi connectivity index (χ1n) is 6.23. The van der Waals surface area contributed by atoms with Crippen molar-refractivity contribution in [1.82, 2.24) is 4.90 Å². The number of ether oxygens (including phenoxy) is 1. The molecule has 0 aromatic carbocycles. The molecular formula is C14H21NO3. The van der Waals surface area contributed by atoms with Gasteiger partial charge < -0.3 is 4.74 Å². The van der Waals surface area contributed by atoms with Gasteiger partial charge in [0.1, 0.15) is 11.1 Å². The van der Waals surface area contributed by atoms with Crippen molar-refractivity contribution in [2.24, 2.45) is 0 Å². The molecule has 0 bridgehead atoms. The van der Waals surface area contributed by atoms with Crippen LogP contribution < -0.4 is 0 Å². The van der Waals surface area contributed by atoms with Gasteiger partial charge in [-0.2, -0.15) is 0 Å². The maximum Gasteiger partial charge on any atom is 0.410 e. The van der Waals surface area contributed by atoms with Gasteiger partial charge in [0.15, 0.2) is 0 Å². The van der Waals surface area contributed by atoms with E-state index in [-0.39, 0.29) is 5.78 Å². The second-order valence-corrected chi connectivity index (χ2v) is 5.56. The predicted octanol–water partition coefficient (Wildman–Crippen LogP) is 2.37. The summed E-state index contributed by atoms with van der Waals surface area (Å²) in [6.07, 6.45) is 1.50. The fourth-order valence-corrected chi connectivity index (χ4v) is 1.62. The summed E-state index contributed by atoms with van der Waals surface area (Å²) in [4.78, 5) is 25.3. The third-order valence-corrected chi connectivity index (χ3v) is 2.83. The van der Waals surface area contributed by atoms with Crippen molar-refractivity contribution in [3.63, 3.8) is 0 Å². The molecule has 1 amide bonds. The van der Waals surface area contributed by atoms with Crippen molar-refractivity contribution in [1.29, 1.82) is 0 Å². The van der Waals surface area contributed by atoms with E-state index >= 15 is 0 Å². The molecule has 0 atom stereocenters. The van der Waals surface area contributed by atoms with Crippen LogP contribution in [0.25, 0.3) is 0 Å². The fourth-order valence-electron chi connectivity index (χ4n) is 1.62. The zero-order valence-corrected chi connectivity index (χ0v) is 11.8. The minimum atomic E-state index is -0.746. The molecule has 4 nitrogen and oxygen atoms in total. The van der Waals surface area contributed by atoms with E-state index in [4.69, 9.17) is 4.74 Å². The van der Waals surface area contributed by atoms with Crippen LogP contribution in [0, 0.1) is 11.8 Å². The van der Waals surface area contributed by atoms with E-state index in [1.807, 2.05) is 6.92 Å². The summed E-state index contributed by atoms with van der Waals surface area (Å²) in [6.45, 7) is 7.29. The van der Waals surface area contributed by atoms with Crippen LogP contribution in [0.3, 0.4) is 0 Å². The molecule has 4 heteroatoms. The fraction of sp³-hybridized carbons (Fsp3) is 0.714. The highest BCUT2D eigenvalue weighted by atomic mass is 16.6. The topological polar surface area (TPSA) is 46.6 Å². The number of rotatable bonds is 2. The highest BCUT2D eigenvalue weighted by Gasteiger charge is 2.55. The number of carbonyl (C=O) groups excluding carboxylic acids is 2. The highest BCUT2D eigenvalue weighted by molar-refractivity contribution is 6.06. The number of ketones is 1. The van der Waals surface area contributed by atoms with Crippen molar-refractivity contribution in [2.75, 3.05) is 7.05 Å². The second kappa shape index (κ2) is 5.01. The van der Waals surface area contributed by atoms with Crippen LogP contribution in [0.2, 0.25) is 0 Å². The van der Waals surface area contributed by atoms with Gasteiger partial charge in [-0.15, -0.1) is 0 Å². The summed E-state index contributed by atoms with van der Waals surface area (Å²) >= 11 is 0. The standard InChI is InChI=1S/C14H21NO3/c1-6-7-8-11(16)14(9-10-14)15(5)12(17)18-13(2,3)4/h6,9-10H2,1-5H3. The number of likely N-dealkylation sites (N-methyl/N-ethyl adjacent to an activating group) is 1. The van der Waals surface area contributed by atoms with Crippen LogP contribution in [-0.4, -0.2) is 35.0 Å². The number of amides is 1. The minimum absolute atomic E-state index is 0.183. The third-order valence-electron chi connectivity index (χ3n) is 2.83. The third kappa shape index (κ3) is 3.25. The molecule has 0 saturated heterocycles. The normalized spacial score (nSPS) is 16.3. The molecule has 1 fully saturated rings. The lowest BCUT2D eigenvalue weighted by Gasteiger charge is -2.29. The Morgan fingerprint density at radius 1 is 1.33 bits per heavy atom. The summed E-state index contributed by atoms with van der Waals surface area (Å²) < 4.78 is 5.27. The molecule has 0 heterocycles. The summed E-state index contributed by atoms with van der Waals surface area (Å²) in [6, 6.07) is 0. The maximum absolute atomic E-state index is 12.0. The molecule has 1 aliphatic carbocycles. The molecular weight excluding hydrogens is 230 g/mol. The lowest BCUT2D eigenvalue weighted by Crippen LogP contribution is -2.46. The summed E-state index contributed by atoms with van der Waals surface area (Å²) in [5.74, 6) is 5.17. The van der Waals surface area contributed by atoms with Crippen LogP contribution in [0.1, 0.15) is 47.0 Å². The van der Waals surface area contributed by atoms with Gasteiger partial charge >= 0.3 is 6.09 Å². The van der Waals surface area contributed by atoms with Gasteiger partial charge in [-0.05, 0) is 39.5 Å². The molecule has 1 saturated carbocycles. The van der Waals surface area contributed by atoms with Crippen molar-refractivity contribution < 1.29 is 14.3 Å². The van der Waals surface area contributed by atoms with Gasteiger partial charge in [-0.3, -0.25) is 9.69 Å². The van der Waals surface area contributed by atoms with Crippen LogP contribution in [0.4, 0.5) is 4.79 Å². The lowest BCUT2D eigenvalue weighted by atomic mass is 10.1. The molecule has 1 aliphatic rings. The minimum Gasteiger partial charge on any atom is -0.444 e. The number of hydrogen-bond donors (Lipinski definition) is 0. The van der Waals surface area contributed by atoms with E-state index in [0.29, 0.717) is 19.3 Å². The van der Waals surface area contributed by atoms with Crippen molar-refractivity contribution in [3.05, 3.63) is 0 Å². The molecule has 0 N–H and O–H groups in total. The van der Waals surface area contributed by atoms with Crippen LogP contribution in [0.5, 0.6) is 0 Å². The Morgan fingerprint density at radius 2 is 1.89 bits per heavy atom. The Morgan fingerprint density at radius 3 is 2.28 bits per heavy atom. The monoisotopic (exact) mass is 251 g/mol. The predicted molar refractivity (Wildman–Crippen MR) is 69.0 cm³/mol. The zero-order chi connectivity index (χ0) is 14.0. The van der Waals surface area contributed by atoms with Crippen LogP contribution in [0.15, 0.2) is 0 Å². The van der Waals surface area contributed by atoms with Crippen molar-refractivity contribution >= 4 is 11.9 Å². The summed E-state index contributed by atoms with van der Waals surface area (Å²) in [5, 5.41) is 0. The van der Waals surface area contributed by atoms with E-state index in [1.54, 1.807) is 27.8 Å². The first-order chi connectivity index (χ1) is 8.23. The molecule has 1 rings (SSSR count). The molecule has 100 valence electrons. The Balaban J connectivity index is 2.74. The maximum atomic E-state index is 12.0. The van der Waals surface area contributed by atoms with Gasteiger partial charge in [0.05, 0.1) is 0 Å². The molecule has 0 aromatic heterocycles. The van der Waals surface area contributed by atoms with Crippen LogP contribution in [-0.2, 0) is 9.53 Å². The molecule has 0 spiro atoms. The smallest absolute Gasteiger partial charge is 0.410 e. The highest BCUT2D eigenvalue weighted by Crippen LogP contribution is 2.42. The van der Waals surface area contributed by atoms with E-state index in [9.17, 15) is 9.59 Å². The average Bonchev–Trinajstić information content (AvgIpc) is 3.03. The summed E-state index contributed by atoms with van der Waals surface area (Å²) in [5.41, 5.74) is -1.30. The molecule has 0 aliphatic heterocycles. The van der Waals surface area contributed by atoms with Crippen molar-refractivity contribution in [2.45, 2.75) is 58.1 Å². The quantitative estimate of drug-likeness (QED) is 0.559. The largest absolute Gasteiger partial charge is 0.444 e. The van der Waals surface area contributed by atoms with Gasteiger partial charge in [-0.1, -0.05) is 12.8 Å². The Labute approximate surface area is 109 Å². The number of Topliss-reactive ketones (excluding diaryl/α,β-unsaturated/α-hetero) is 1. The first kappa shape index (κ1) is 14.6. The Kier molecular flexibility index (Phi) is 4.05. The second-order valence-electron chi connectivity index (χ2n) is 5.56. The number of nitrogens with zero attached hydrogens (tertiary/aromatic N) is 1. The Bertz CT molecular complexity index is 405. The van der Waals surface area contributed by atoms with E-state index in [0.717, 1.165) is 0 Å². The Hall–Kier alpha value is -1.50. The van der Waals surface area contributed by atoms with E-state index in [2.05, 4.69) is 11.8 Å². The van der Waals surface area contributed by atoms with Gasteiger partial charge in [-0.25, -0.2) is 4.79 Å². The van der Waals surface area contributed by atoms with Crippen molar-refractivity contribution in [3.8, 4) is 11.8 Å². The molecule has 18 heavy (non-hydrogen) atoms.